The molecule has 0 aliphatic carbocycles. The van der Waals surface area contributed by atoms with Crippen molar-refractivity contribution in [1.29, 1.82) is 0 Å². The Kier molecular flexibility index (Phi) is 5.17. The number of nitrogens with zero attached hydrogens (tertiary/aromatic N) is 2. The topological polar surface area (TPSA) is 77.8 Å². The molecule has 5 rings (SSSR count). The van der Waals surface area contributed by atoms with Crippen molar-refractivity contribution in [2.75, 3.05) is 12.0 Å². The molecule has 2 amide bonds. The minimum Gasteiger partial charge on any atom is -0.495 e. The molecule has 0 N–H and O–H groups in total. The molecule has 0 spiro atoms. The molecule has 0 radical (unpaired) electrons. The van der Waals surface area contributed by atoms with Gasteiger partial charge >= 0.3 is 6.09 Å². The van der Waals surface area contributed by atoms with Gasteiger partial charge in [0, 0.05) is 11.1 Å². The van der Waals surface area contributed by atoms with Crippen molar-refractivity contribution in [1.82, 2.24) is 4.57 Å². The lowest BCUT2D eigenvalue weighted by Gasteiger charge is -2.16. The van der Waals surface area contributed by atoms with Crippen LogP contribution >= 0.6 is 0 Å². The van der Waals surface area contributed by atoms with Gasteiger partial charge < -0.3 is 14.0 Å². The maximum atomic E-state index is 13.8. The smallest absolute Gasteiger partial charge is 0.422 e. The van der Waals surface area contributed by atoms with E-state index in [0.717, 1.165) is 27.1 Å². The van der Waals surface area contributed by atoms with Gasteiger partial charge in [-0.2, -0.15) is 0 Å². The molecule has 170 valence electrons. The zero-order valence-corrected chi connectivity index (χ0v) is 18.9. The van der Waals surface area contributed by atoms with Gasteiger partial charge in [0.15, 0.2) is 0 Å². The summed E-state index contributed by atoms with van der Waals surface area (Å²) in [6.07, 6.45) is -2.50. The van der Waals surface area contributed by atoms with Gasteiger partial charge in [-0.05, 0) is 55.3 Å². The number of cyclic esters (lactones) is 1. The molecular formula is C27H22N2O5. The van der Waals surface area contributed by atoms with Crippen LogP contribution in [0.5, 0.6) is 5.75 Å². The number of hydrogen-bond acceptors (Lipinski definition) is 5. The van der Waals surface area contributed by atoms with Gasteiger partial charge in [-0.25, -0.2) is 9.69 Å². The third-order valence-electron chi connectivity index (χ3n) is 6.03. The van der Waals surface area contributed by atoms with Gasteiger partial charge in [0.25, 0.3) is 5.91 Å². The fourth-order valence-electron chi connectivity index (χ4n) is 4.43. The summed E-state index contributed by atoms with van der Waals surface area (Å²) in [5.41, 5.74) is 3.67. The standard InChI is InChI=1S/C27H22N2O5/c1-16-13-14-22(33-3)21(15-16)29-26(31)25(34-27(29)32)24(30)23-17(2)19-11-7-8-12-20(19)28(23)18-9-5-4-6-10-18/h4-15,25H,1-3H3. The first-order chi connectivity index (χ1) is 16.4. The molecular weight excluding hydrogens is 432 g/mol. The van der Waals surface area contributed by atoms with Gasteiger partial charge in [0.05, 0.1) is 24.0 Å². The number of benzene rings is 3. The van der Waals surface area contributed by atoms with E-state index in [-0.39, 0.29) is 5.69 Å². The fourth-order valence-corrected chi connectivity index (χ4v) is 4.43. The number of fused-ring (bicyclic) bond motifs is 1. The molecule has 34 heavy (non-hydrogen) atoms. The van der Waals surface area contributed by atoms with Gasteiger partial charge in [0.1, 0.15) is 5.75 Å². The molecule has 1 atom stereocenters. The van der Waals surface area contributed by atoms with Crippen molar-refractivity contribution in [3.05, 3.63) is 89.6 Å². The molecule has 1 aliphatic rings. The molecule has 1 aromatic heterocycles. The largest absolute Gasteiger partial charge is 0.495 e. The Balaban J connectivity index is 1.63. The summed E-state index contributed by atoms with van der Waals surface area (Å²) < 4.78 is 12.5. The van der Waals surface area contributed by atoms with Crippen LogP contribution in [-0.4, -0.2) is 35.6 Å². The third kappa shape index (κ3) is 3.25. The van der Waals surface area contributed by atoms with E-state index >= 15 is 0 Å². The van der Waals surface area contributed by atoms with Crippen LogP contribution in [-0.2, 0) is 9.53 Å². The summed E-state index contributed by atoms with van der Waals surface area (Å²) in [5.74, 6) is -0.994. The summed E-state index contributed by atoms with van der Waals surface area (Å²) >= 11 is 0. The number of hydrogen-bond donors (Lipinski definition) is 0. The highest BCUT2D eigenvalue weighted by atomic mass is 16.6. The normalized spacial score (nSPS) is 15.6. The number of Topliss-reactive ketones (excluding diaryl/α,β-unsaturated/α-hetero) is 1. The molecule has 1 fully saturated rings. The van der Waals surface area contributed by atoms with Crippen LogP contribution in [0.3, 0.4) is 0 Å². The number of para-hydroxylation sites is 2. The molecule has 4 aromatic rings. The molecule has 0 saturated carbocycles. The lowest BCUT2D eigenvalue weighted by molar-refractivity contribution is -0.120. The van der Waals surface area contributed by atoms with Crippen molar-refractivity contribution < 1.29 is 23.9 Å². The first kappa shape index (κ1) is 21.5. The van der Waals surface area contributed by atoms with Crippen molar-refractivity contribution >= 4 is 34.4 Å². The minimum absolute atomic E-state index is 0.244. The Labute approximate surface area is 196 Å². The van der Waals surface area contributed by atoms with E-state index in [1.807, 2.05) is 73.0 Å². The number of aromatic nitrogens is 1. The molecule has 7 nitrogen and oxygen atoms in total. The van der Waals surface area contributed by atoms with Crippen LogP contribution in [0.25, 0.3) is 16.6 Å². The molecule has 7 heteroatoms. The predicted molar refractivity (Wildman–Crippen MR) is 128 cm³/mol. The molecule has 0 bridgehead atoms. The maximum absolute atomic E-state index is 13.8. The van der Waals surface area contributed by atoms with Crippen LogP contribution < -0.4 is 9.64 Å². The predicted octanol–water partition coefficient (Wildman–Crippen LogP) is 4.99. The van der Waals surface area contributed by atoms with E-state index in [2.05, 4.69) is 0 Å². The van der Waals surface area contributed by atoms with E-state index in [0.29, 0.717) is 17.0 Å². The highest BCUT2D eigenvalue weighted by Gasteiger charge is 2.48. The van der Waals surface area contributed by atoms with Crippen LogP contribution in [0.15, 0.2) is 72.8 Å². The van der Waals surface area contributed by atoms with Gasteiger partial charge in [-0.1, -0.05) is 42.5 Å². The van der Waals surface area contributed by atoms with Crippen molar-refractivity contribution in [3.63, 3.8) is 0 Å². The average molecular weight is 454 g/mol. The van der Waals surface area contributed by atoms with E-state index in [4.69, 9.17) is 9.47 Å². The maximum Gasteiger partial charge on any atom is 0.422 e. The molecule has 2 heterocycles. The first-order valence-corrected chi connectivity index (χ1v) is 10.8. The van der Waals surface area contributed by atoms with E-state index in [1.165, 1.54) is 7.11 Å². The number of rotatable bonds is 5. The van der Waals surface area contributed by atoms with Crippen LogP contribution in [0, 0.1) is 13.8 Å². The average Bonchev–Trinajstić information content (AvgIpc) is 3.32. The summed E-state index contributed by atoms with van der Waals surface area (Å²) in [6.45, 7) is 3.66. The Morgan fingerprint density at radius 1 is 0.941 bits per heavy atom. The minimum atomic E-state index is -1.59. The SMILES string of the molecule is COc1ccc(C)cc1N1C(=O)OC(C(=O)c2c(C)c3ccccc3n2-c2ccccc2)C1=O. The van der Waals surface area contributed by atoms with E-state index in [9.17, 15) is 14.4 Å². The number of anilines is 1. The Morgan fingerprint density at radius 3 is 2.38 bits per heavy atom. The molecule has 1 aliphatic heterocycles. The number of imide groups is 1. The highest BCUT2D eigenvalue weighted by Crippen LogP contribution is 2.35. The van der Waals surface area contributed by atoms with Crippen LogP contribution in [0.1, 0.15) is 21.6 Å². The molecule has 1 unspecified atom stereocenters. The van der Waals surface area contributed by atoms with Crippen LogP contribution in [0.2, 0.25) is 0 Å². The van der Waals surface area contributed by atoms with Crippen molar-refractivity contribution in [2.45, 2.75) is 20.0 Å². The summed E-state index contributed by atoms with van der Waals surface area (Å²) in [4.78, 5) is 40.9. The second kappa shape index (κ2) is 8.19. The second-order valence-electron chi connectivity index (χ2n) is 8.14. The summed E-state index contributed by atoms with van der Waals surface area (Å²) in [6, 6.07) is 22.1. The van der Waals surface area contributed by atoms with Crippen LogP contribution in [0.4, 0.5) is 10.5 Å². The molecule has 1 saturated heterocycles. The lowest BCUT2D eigenvalue weighted by Crippen LogP contribution is -2.36. The Bertz CT molecular complexity index is 1450. The Morgan fingerprint density at radius 2 is 1.65 bits per heavy atom. The number of carbonyl (C=O) groups excluding carboxylic acids is 3. The number of ketones is 1. The lowest BCUT2D eigenvalue weighted by atomic mass is 10.1. The van der Waals surface area contributed by atoms with E-state index < -0.39 is 23.9 Å². The highest BCUT2D eigenvalue weighted by molar-refractivity contribution is 6.28. The zero-order valence-electron chi connectivity index (χ0n) is 18.9. The van der Waals surface area contributed by atoms with Gasteiger partial charge in [-0.3, -0.25) is 9.59 Å². The third-order valence-corrected chi connectivity index (χ3v) is 6.03. The number of amides is 2. The second-order valence-corrected chi connectivity index (χ2v) is 8.14. The van der Waals surface area contributed by atoms with Crippen molar-refractivity contribution in [3.8, 4) is 11.4 Å². The quantitative estimate of drug-likeness (QED) is 0.314. The zero-order chi connectivity index (χ0) is 24.0. The number of aryl methyl sites for hydroxylation is 2. The van der Waals surface area contributed by atoms with Crippen molar-refractivity contribution in [2.24, 2.45) is 0 Å². The summed E-state index contributed by atoms with van der Waals surface area (Å²) in [7, 11) is 1.45. The van der Waals surface area contributed by atoms with E-state index in [1.54, 1.807) is 18.2 Å². The Hall–Kier alpha value is -4.39. The number of carbonyl (C=O) groups is 3. The number of methoxy groups -OCH3 is 1. The van der Waals surface area contributed by atoms with Gasteiger partial charge in [0.2, 0.25) is 11.9 Å². The monoisotopic (exact) mass is 454 g/mol. The number of ether oxygens (including phenoxy) is 2. The fraction of sp³-hybridized carbons (Fsp3) is 0.148. The summed E-state index contributed by atoms with van der Waals surface area (Å²) in [5, 5.41) is 0.878. The van der Waals surface area contributed by atoms with Gasteiger partial charge in [-0.15, -0.1) is 0 Å². The first-order valence-electron chi connectivity index (χ1n) is 10.8. The molecule has 3 aromatic carbocycles.